The minimum Gasteiger partial charge on any atom is -0.330 e. The molecule has 2 unspecified atom stereocenters. The second kappa shape index (κ2) is 4.97. The Labute approximate surface area is 80.2 Å². The van der Waals surface area contributed by atoms with Gasteiger partial charge in [0.25, 0.3) is 0 Å². The summed E-state index contributed by atoms with van der Waals surface area (Å²) in [6, 6.07) is 6.02. The number of hydrogen-bond acceptors (Lipinski definition) is 2. The van der Waals surface area contributed by atoms with E-state index in [1.54, 1.807) is 0 Å². The molecule has 1 rings (SSSR count). The minimum atomic E-state index is 0.409. The summed E-state index contributed by atoms with van der Waals surface area (Å²) in [6.07, 6.45) is 2.98. The van der Waals surface area contributed by atoms with Crippen LogP contribution in [0.4, 0.5) is 0 Å². The highest BCUT2D eigenvalue weighted by Crippen LogP contribution is 2.23. The third-order valence-electron chi connectivity index (χ3n) is 2.65. The van der Waals surface area contributed by atoms with Crippen molar-refractivity contribution in [2.24, 2.45) is 11.7 Å². The number of rotatable bonds is 4. The SMILES string of the molecule is CCC(C)C(CN)c1ccccn1. The number of pyridine rings is 1. The van der Waals surface area contributed by atoms with Crippen LogP contribution in [-0.4, -0.2) is 11.5 Å². The van der Waals surface area contributed by atoms with Gasteiger partial charge in [0.05, 0.1) is 0 Å². The van der Waals surface area contributed by atoms with Gasteiger partial charge in [-0.3, -0.25) is 4.98 Å². The Kier molecular flexibility index (Phi) is 3.90. The van der Waals surface area contributed by atoms with E-state index >= 15 is 0 Å². The molecule has 0 saturated heterocycles. The van der Waals surface area contributed by atoms with E-state index in [9.17, 15) is 0 Å². The van der Waals surface area contributed by atoms with Gasteiger partial charge >= 0.3 is 0 Å². The maximum absolute atomic E-state index is 5.74. The highest BCUT2D eigenvalue weighted by Gasteiger charge is 2.16. The zero-order chi connectivity index (χ0) is 9.68. The van der Waals surface area contributed by atoms with Crippen molar-refractivity contribution in [1.82, 2.24) is 4.98 Å². The molecule has 0 radical (unpaired) electrons. The summed E-state index contributed by atoms with van der Waals surface area (Å²) in [5.74, 6) is 1.02. The van der Waals surface area contributed by atoms with Gasteiger partial charge in [-0.2, -0.15) is 0 Å². The molecule has 0 bridgehead atoms. The topological polar surface area (TPSA) is 38.9 Å². The quantitative estimate of drug-likeness (QED) is 0.767. The van der Waals surface area contributed by atoms with E-state index in [0.717, 1.165) is 12.1 Å². The lowest BCUT2D eigenvalue weighted by molar-refractivity contribution is 0.444. The van der Waals surface area contributed by atoms with Gasteiger partial charge in [-0.25, -0.2) is 0 Å². The van der Waals surface area contributed by atoms with Gasteiger partial charge in [0, 0.05) is 24.4 Å². The monoisotopic (exact) mass is 178 g/mol. The third kappa shape index (κ3) is 2.52. The number of nitrogens with zero attached hydrogens (tertiary/aromatic N) is 1. The first-order valence-corrected chi connectivity index (χ1v) is 4.90. The Morgan fingerprint density at radius 2 is 2.23 bits per heavy atom. The fraction of sp³-hybridized carbons (Fsp3) is 0.545. The predicted octanol–water partition coefficient (Wildman–Crippen LogP) is 2.17. The van der Waals surface area contributed by atoms with Crippen molar-refractivity contribution in [3.63, 3.8) is 0 Å². The Hall–Kier alpha value is -0.890. The van der Waals surface area contributed by atoms with E-state index in [-0.39, 0.29) is 0 Å². The summed E-state index contributed by atoms with van der Waals surface area (Å²) in [7, 11) is 0. The van der Waals surface area contributed by atoms with Crippen molar-refractivity contribution in [2.45, 2.75) is 26.2 Å². The van der Waals surface area contributed by atoms with Crippen LogP contribution in [0.15, 0.2) is 24.4 Å². The van der Waals surface area contributed by atoms with Gasteiger partial charge in [-0.1, -0.05) is 26.3 Å². The Morgan fingerprint density at radius 3 is 2.69 bits per heavy atom. The average molecular weight is 178 g/mol. The van der Waals surface area contributed by atoms with E-state index in [1.807, 2.05) is 18.3 Å². The molecule has 0 aromatic carbocycles. The lowest BCUT2D eigenvalue weighted by atomic mass is 9.89. The number of aromatic nitrogens is 1. The van der Waals surface area contributed by atoms with Crippen LogP contribution in [0.2, 0.25) is 0 Å². The lowest BCUT2D eigenvalue weighted by Crippen LogP contribution is -2.20. The van der Waals surface area contributed by atoms with Gasteiger partial charge in [-0.15, -0.1) is 0 Å². The van der Waals surface area contributed by atoms with Gasteiger partial charge in [0.2, 0.25) is 0 Å². The lowest BCUT2D eigenvalue weighted by Gasteiger charge is -2.20. The first-order chi connectivity index (χ1) is 6.29. The van der Waals surface area contributed by atoms with Crippen molar-refractivity contribution in [3.05, 3.63) is 30.1 Å². The summed E-state index contributed by atoms with van der Waals surface area (Å²) in [4.78, 5) is 4.34. The fourth-order valence-electron chi connectivity index (χ4n) is 1.52. The van der Waals surface area contributed by atoms with E-state index in [4.69, 9.17) is 5.73 Å². The molecule has 2 heteroatoms. The molecule has 0 fully saturated rings. The van der Waals surface area contributed by atoms with Crippen molar-refractivity contribution in [1.29, 1.82) is 0 Å². The summed E-state index contributed by atoms with van der Waals surface area (Å²) in [6.45, 7) is 5.11. The zero-order valence-corrected chi connectivity index (χ0v) is 8.40. The van der Waals surface area contributed by atoms with Crippen LogP contribution in [0.3, 0.4) is 0 Å². The van der Waals surface area contributed by atoms with Gasteiger partial charge < -0.3 is 5.73 Å². The Bertz CT molecular complexity index is 233. The van der Waals surface area contributed by atoms with Gasteiger partial charge in [0.1, 0.15) is 0 Å². The molecular weight excluding hydrogens is 160 g/mol. The molecule has 2 atom stereocenters. The standard InChI is InChI=1S/C11H18N2/c1-3-9(2)10(8-12)11-6-4-5-7-13-11/h4-7,9-10H,3,8,12H2,1-2H3. The van der Waals surface area contributed by atoms with Gasteiger partial charge in [0.15, 0.2) is 0 Å². The molecule has 0 amide bonds. The smallest absolute Gasteiger partial charge is 0.0449 e. The molecule has 2 N–H and O–H groups in total. The van der Waals surface area contributed by atoms with Crippen molar-refractivity contribution >= 4 is 0 Å². The molecule has 2 nitrogen and oxygen atoms in total. The predicted molar refractivity (Wildman–Crippen MR) is 55.5 cm³/mol. The van der Waals surface area contributed by atoms with E-state index in [0.29, 0.717) is 18.4 Å². The first-order valence-electron chi connectivity index (χ1n) is 4.90. The highest BCUT2D eigenvalue weighted by molar-refractivity contribution is 5.10. The van der Waals surface area contributed by atoms with Crippen molar-refractivity contribution < 1.29 is 0 Å². The minimum absolute atomic E-state index is 0.409. The molecule has 0 saturated carbocycles. The average Bonchev–Trinajstić information content (AvgIpc) is 2.20. The van der Waals surface area contributed by atoms with Crippen LogP contribution in [0.5, 0.6) is 0 Å². The normalized spacial score (nSPS) is 15.3. The second-order valence-corrected chi connectivity index (χ2v) is 3.48. The van der Waals surface area contributed by atoms with Crippen molar-refractivity contribution in [3.8, 4) is 0 Å². The molecule has 0 aliphatic carbocycles. The Morgan fingerprint density at radius 1 is 1.46 bits per heavy atom. The van der Waals surface area contributed by atoms with Crippen LogP contribution in [0.1, 0.15) is 31.9 Å². The summed E-state index contributed by atoms with van der Waals surface area (Å²) >= 11 is 0. The first kappa shape index (κ1) is 10.2. The van der Waals surface area contributed by atoms with Gasteiger partial charge in [-0.05, 0) is 18.1 Å². The van der Waals surface area contributed by atoms with Crippen molar-refractivity contribution in [2.75, 3.05) is 6.54 Å². The molecule has 1 aromatic heterocycles. The molecule has 0 aliphatic rings. The Balaban J connectivity index is 2.78. The maximum atomic E-state index is 5.74. The van der Waals surface area contributed by atoms with Crippen LogP contribution in [0, 0.1) is 5.92 Å². The molecule has 13 heavy (non-hydrogen) atoms. The summed E-state index contributed by atoms with van der Waals surface area (Å²) in [5.41, 5.74) is 6.87. The molecule has 72 valence electrons. The second-order valence-electron chi connectivity index (χ2n) is 3.48. The number of nitrogens with two attached hydrogens (primary N) is 1. The van der Waals surface area contributed by atoms with E-state index in [2.05, 4.69) is 24.9 Å². The van der Waals surface area contributed by atoms with Crippen LogP contribution >= 0.6 is 0 Å². The molecule has 0 spiro atoms. The molecular formula is C11H18N2. The molecule has 0 aliphatic heterocycles. The van der Waals surface area contributed by atoms with Crippen LogP contribution < -0.4 is 5.73 Å². The highest BCUT2D eigenvalue weighted by atomic mass is 14.7. The molecule has 1 heterocycles. The fourth-order valence-corrected chi connectivity index (χ4v) is 1.52. The zero-order valence-electron chi connectivity index (χ0n) is 8.40. The third-order valence-corrected chi connectivity index (χ3v) is 2.65. The molecule has 1 aromatic rings. The number of hydrogen-bond donors (Lipinski definition) is 1. The van der Waals surface area contributed by atoms with Crippen LogP contribution in [0.25, 0.3) is 0 Å². The largest absolute Gasteiger partial charge is 0.330 e. The van der Waals surface area contributed by atoms with Crippen LogP contribution in [-0.2, 0) is 0 Å². The maximum Gasteiger partial charge on any atom is 0.0449 e. The summed E-state index contributed by atoms with van der Waals surface area (Å²) in [5, 5.41) is 0. The van der Waals surface area contributed by atoms with E-state index in [1.165, 1.54) is 0 Å². The summed E-state index contributed by atoms with van der Waals surface area (Å²) < 4.78 is 0. The van der Waals surface area contributed by atoms with E-state index < -0.39 is 0 Å².